The smallest absolute Gasteiger partial charge is 0.224 e. The number of hydrogen-bond donors (Lipinski definition) is 3. The fraction of sp³-hybridized carbons (Fsp3) is 0.583. The highest BCUT2D eigenvalue weighted by atomic mass is 16.5. The molecule has 1 fully saturated rings. The molecular weight excluding hydrogens is 244 g/mol. The molecule has 1 aliphatic rings. The van der Waals surface area contributed by atoms with E-state index in [1.165, 1.54) is 0 Å². The minimum Gasteiger partial charge on any atom is -0.381 e. The van der Waals surface area contributed by atoms with Crippen molar-refractivity contribution in [2.75, 3.05) is 30.8 Å². The Bertz CT molecular complexity index is 575. The minimum atomic E-state index is 0.230. The lowest BCUT2D eigenvalue weighted by molar-refractivity contribution is 0.0300. The maximum atomic E-state index is 5.70. The Morgan fingerprint density at radius 3 is 3.00 bits per heavy atom. The van der Waals surface area contributed by atoms with E-state index in [0.29, 0.717) is 5.65 Å². The van der Waals surface area contributed by atoms with Crippen LogP contribution in [0.2, 0.25) is 0 Å². The van der Waals surface area contributed by atoms with Crippen LogP contribution in [0.1, 0.15) is 19.8 Å². The molecule has 19 heavy (non-hydrogen) atoms. The molecule has 1 saturated heterocycles. The predicted octanol–water partition coefficient (Wildman–Crippen LogP) is 1.16. The number of H-pyrrole nitrogens is 1. The summed E-state index contributed by atoms with van der Waals surface area (Å²) in [5.41, 5.74) is 6.59. The molecule has 0 unspecified atom stereocenters. The van der Waals surface area contributed by atoms with Crippen molar-refractivity contribution in [3.05, 3.63) is 6.20 Å². The molecule has 4 N–H and O–H groups in total. The number of aromatic amines is 1. The number of nitrogen functional groups attached to an aromatic ring is 1. The first-order chi connectivity index (χ1) is 9.16. The Morgan fingerprint density at radius 2 is 2.21 bits per heavy atom. The summed E-state index contributed by atoms with van der Waals surface area (Å²) in [6.07, 6.45) is 3.81. The molecule has 0 atom stereocenters. The van der Waals surface area contributed by atoms with Gasteiger partial charge in [-0.1, -0.05) is 6.92 Å². The third-order valence-electron chi connectivity index (χ3n) is 3.71. The Kier molecular flexibility index (Phi) is 2.98. The number of hydrogen-bond acceptors (Lipinski definition) is 6. The number of ether oxygens (including phenoxy) is 1. The molecule has 2 aromatic rings. The second-order valence-electron chi connectivity index (χ2n) is 5.34. The van der Waals surface area contributed by atoms with Gasteiger partial charge in [0.05, 0.1) is 11.6 Å². The zero-order chi connectivity index (χ0) is 13.3. The number of aromatic nitrogens is 4. The molecule has 0 amide bonds. The van der Waals surface area contributed by atoms with E-state index in [9.17, 15) is 0 Å². The molecule has 3 heterocycles. The third kappa shape index (κ3) is 2.46. The van der Waals surface area contributed by atoms with Crippen LogP contribution in [0.5, 0.6) is 0 Å². The Balaban J connectivity index is 1.79. The van der Waals surface area contributed by atoms with Gasteiger partial charge in [-0.25, -0.2) is 0 Å². The second kappa shape index (κ2) is 4.65. The summed E-state index contributed by atoms with van der Waals surface area (Å²) in [7, 11) is 0. The highest BCUT2D eigenvalue weighted by Crippen LogP contribution is 2.30. The number of nitrogens with zero attached hydrogens (tertiary/aromatic N) is 3. The Labute approximate surface area is 111 Å². The average molecular weight is 262 g/mol. The summed E-state index contributed by atoms with van der Waals surface area (Å²) in [5, 5.41) is 11.0. The highest BCUT2D eigenvalue weighted by molar-refractivity contribution is 5.86. The molecule has 0 radical (unpaired) electrons. The van der Waals surface area contributed by atoms with Gasteiger partial charge in [0, 0.05) is 19.8 Å². The molecule has 0 bridgehead atoms. The molecule has 3 rings (SSSR count). The van der Waals surface area contributed by atoms with Crippen LogP contribution in [0.15, 0.2) is 6.20 Å². The normalized spacial score (nSPS) is 18.6. The van der Waals surface area contributed by atoms with Crippen molar-refractivity contribution in [1.82, 2.24) is 20.2 Å². The third-order valence-corrected chi connectivity index (χ3v) is 3.71. The summed E-state index contributed by atoms with van der Waals surface area (Å²) >= 11 is 0. The number of nitrogens with one attached hydrogen (secondary N) is 2. The molecule has 0 spiro atoms. The SMILES string of the molecule is CC1(CNc2nc(N)nc3[nH]ncc23)CCOCC1. The van der Waals surface area contributed by atoms with Gasteiger partial charge in [0.1, 0.15) is 5.82 Å². The van der Waals surface area contributed by atoms with Gasteiger partial charge in [0.15, 0.2) is 5.65 Å². The standard InChI is InChI=1S/C12H18N6O/c1-12(2-4-19-5-3-12)7-14-9-8-6-15-18-10(8)17-11(13)16-9/h6H,2-5,7H2,1H3,(H4,13,14,15,16,17,18). The van der Waals surface area contributed by atoms with Crippen LogP contribution in [0.4, 0.5) is 11.8 Å². The van der Waals surface area contributed by atoms with E-state index in [-0.39, 0.29) is 11.4 Å². The lowest BCUT2D eigenvalue weighted by atomic mass is 9.82. The molecular formula is C12H18N6O. The zero-order valence-corrected chi connectivity index (χ0v) is 10.9. The molecule has 102 valence electrons. The Morgan fingerprint density at radius 1 is 1.42 bits per heavy atom. The van der Waals surface area contributed by atoms with Crippen LogP contribution < -0.4 is 11.1 Å². The van der Waals surface area contributed by atoms with Crippen molar-refractivity contribution in [2.45, 2.75) is 19.8 Å². The van der Waals surface area contributed by atoms with Crippen molar-refractivity contribution in [3.63, 3.8) is 0 Å². The van der Waals surface area contributed by atoms with Crippen LogP contribution in [-0.4, -0.2) is 39.9 Å². The van der Waals surface area contributed by atoms with E-state index < -0.39 is 0 Å². The van der Waals surface area contributed by atoms with Crippen molar-refractivity contribution in [1.29, 1.82) is 0 Å². The van der Waals surface area contributed by atoms with Gasteiger partial charge in [-0.3, -0.25) is 5.10 Å². The van der Waals surface area contributed by atoms with Crippen LogP contribution >= 0.6 is 0 Å². The Hall–Kier alpha value is -1.89. The molecule has 0 saturated carbocycles. The fourth-order valence-electron chi connectivity index (χ4n) is 2.33. The lowest BCUT2D eigenvalue weighted by Gasteiger charge is -2.33. The summed E-state index contributed by atoms with van der Waals surface area (Å²) < 4.78 is 5.41. The highest BCUT2D eigenvalue weighted by Gasteiger charge is 2.27. The number of anilines is 2. The predicted molar refractivity (Wildman–Crippen MR) is 72.7 cm³/mol. The molecule has 7 nitrogen and oxygen atoms in total. The van der Waals surface area contributed by atoms with Crippen molar-refractivity contribution in [2.24, 2.45) is 5.41 Å². The van der Waals surface area contributed by atoms with Gasteiger partial charge in [0.25, 0.3) is 0 Å². The molecule has 1 aliphatic heterocycles. The second-order valence-corrected chi connectivity index (χ2v) is 5.34. The van der Waals surface area contributed by atoms with Crippen LogP contribution in [-0.2, 0) is 4.74 Å². The van der Waals surface area contributed by atoms with Gasteiger partial charge in [-0.15, -0.1) is 0 Å². The first kappa shape index (κ1) is 12.2. The number of rotatable bonds is 3. The summed E-state index contributed by atoms with van der Waals surface area (Å²) in [6.45, 7) is 4.75. The molecule has 7 heteroatoms. The average Bonchev–Trinajstić information content (AvgIpc) is 2.85. The van der Waals surface area contributed by atoms with Crippen LogP contribution in [0.25, 0.3) is 11.0 Å². The largest absolute Gasteiger partial charge is 0.381 e. The van der Waals surface area contributed by atoms with Crippen LogP contribution in [0.3, 0.4) is 0 Å². The van der Waals surface area contributed by atoms with E-state index in [1.807, 2.05) is 0 Å². The topological polar surface area (TPSA) is 102 Å². The zero-order valence-electron chi connectivity index (χ0n) is 10.9. The first-order valence-corrected chi connectivity index (χ1v) is 6.45. The fourth-order valence-corrected chi connectivity index (χ4v) is 2.33. The maximum Gasteiger partial charge on any atom is 0.224 e. The maximum absolute atomic E-state index is 5.70. The van der Waals surface area contributed by atoms with Gasteiger partial charge >= 0.3 is 0 Å². The van der Waals surface area contributed by atoms with E-state index in [0.717, 1.165) is 43.8 Å². The van der Waals surface area contributed by atoms with Crippen molar-refractivity contribution >= 4 is 22.8 Å². The number of nitrogens with two attached hydrogens (primary N) is 1. The molecule has 2 aromatic heterocycles. The van der Waals surface area contributed by atoms with Crippen molar-refractivity contribution < 1.29 is 4.74 Å². The van der Waals surface area contributed by atoms with Gasteiger partial charge in [0.2, 0.25) is 5.95 Å². The molecule has 0 aliphatic carbocycles. The monoisotopic (exact) mass is 262 g/mol. The van der Waals surface area contributed by atoms with Crippen LogP contribution in [0, 0.1) is 5.41 Å². The summed E-state index contributed by atoms with van der Waals surface area (Å²) in [4.78, 5) is 8.35. The number of fused-ring (bicyclic) bond motifs is 1. The lowest BCUT2D eigenvalue weighted by Crippen LogP contribution is -2.33. The van der Waals surface area contributed by atoms with E-state index in [4.69, 9.17) is 10.5 Å². The van der Waals surface area contributed by atoms with Gasteiger partial charge < -0.3 is 15.8 Å². The van der Waals surface area contributed by atoms with Gasteiger partial charge in [-0.2, -0.15) is 15.1 Å². The van der Waals surface area contributed by atoms with Gasteiger partial charge in [-0.05, 0) is 18.3 Å². The minimum absolute atomic E-state index is 0.230. The molecule has 0 aromatic carbocycles. The quantitative estimate of drug-likeness (QED) is 0.767. The first-order valence-electron chi connectivity index (χ1n) is 6.45. The van der Waals surface area contributed by atoms with E-state index >= 15 is 0 Å². The summed E-state index contributed by atoms with van der Waals surface area (Å²) in [6, 6.07) is 0. The summed E-state index contributed by atoms with van der Waals surface area (Å²) in [5.74, 6) is 0.986. The van der Waals surface area contributed by atoms with Crippen molar-refractivity contribution in [3.8, 4) is 0 Å². The van der Waals surface area contributed by atoms with E-state index in [1.54, 1.807) is 6.20 Å². The van der Waals surface area contributed by atoms with E-state index in [2.05, 4.69) is 32.4 Å².